The van der Waals surface area contributed by atoms with Gasteiger partial charge in [-0.2, -0.15) is 13.2 Å². The van der Waals surface area contributed by atoms with Crippen LogP contribution in [0.15, 0.2) is 0 Å². The largest absolute Gasteiger partial charge is 0.401 e. The van der Waals surface area contributed by atoms with Crippen LogP contribution in [-0.2, 0) is 0 Å². The van der Waals surface area contributed by atoms with Crippen LogP contribution in [0, 0.1) is 5.92 Å². The summed E-state index contributed by atoms with van der Waals surface area (Å²) >= 11 is 0. The fourth-order valence-corrected chi connectivity index (χ4v) is 2.59. The summed E-state index contributed by atoms with van der Waals surface area (Å²) in [6.45, 7) is 2.35. The number of nitrogens with one attached hydrogen (secondary N) is 2. The Hall–Kier alpha value is -1.02. The lowest BCUT2D eigenvalue weighted by Crippen LogP contribution is -2.44. The smallest absolute Gasteiger partial charge is 0.394 e. The van der Waals surface area contributed by atoms with Gasteiger partial charge in [0, 0.05) is 6.54 Å². The van der Waals surface area contributed by atoms with E-state index in [1.54, 1.807) is 0 Å². The second kappa shape index (κ2) is 9.19. The van der Waals surface area contributed by atoms with Gasteiger partial charge in [0.1, 0.15) is 0 Å². The lowest BCUT2D eigenvalue weighted by atomic mass is 9.93. The van der Waals surface area contributed by atoms with E-state index >= 15 is 0 Å². The number of halogens is 3. The highest BCUT2D eigenvalue weighted by molar-refractivity contribution is 5.74. The number of amides is 2. The van der Waals surface area contributed by atoms with E-state index in [0.29, 0.717) is 32.0 Å². The summed E-state index contributed by atoms with van der Waals surface area (Å²) in [7, 11) is 0. The monoisotopic (exact) mass is 325 g/mol. The van der Waals surface area contributed by atoms with Crippen molar-refractivity contribution in [3.8, 4) is 0 Å². The van der Waals surface area contributed by atoms with Crippen molar-refractivity contribution in [3.63, 3.8) is 0 Å². The maximum absolute atomic E-state index is 12.3. The van der Waals surface area contributed by atoms with Crippen molar-refractivity contribution in [1.82, 2.24) is 15.5 Å². The zero-order valence-corrected chi connectivity index (χ0v) is 13.0. The van der Waals surface area contributed by atoms with Gasteiger partial charge in [-0.15, -0.1) is 0 Å². The summed E-state index contributed by atoms with van der Waals surface area (Å²) < 4.78 is 36.8. The van der Waals surface area contributed by atoms with Gasteiger partial charge in [0.25, 0.3) is 0 Å². The van der Waals surface area contributed by atoms with E-state index in [1.807, 2.05) is 6.92 Å². The first-order chi connectivity index (χ1) is 10.3. The molecule has 0 bridgehead atoms. The fraction of sp³-hybridized carbons (Fsp3) is 0.929. The second-order valence-electron chi connectivity index (χ2n) is 5.81. The highest BCUT2D eigenvalue weighted by Gasteiger charge is 2.32. The van der Waals surface area contributed by atoms with Crippen LogP contribution < -0.4 is 10.6 Å². The first kappa shape index (κ1) is 19.0. The Morgan fingerprint density at radius 1 is 1.36 bits per heavy atom. The molecule has 0 radical (unpaired) electrons. The Balaban J connectivity index is 2.13. The molecule has 8 heteroatoms. The van der Waals surface area contributed by atoms with Crippen molar-refractivity contribution in [2.45, 2.75) is 44.8 Å². The van der Waals surface area contributed by atoms with Crippen LogP contribution in [0.1, 0.15) is 32.6 Å². The number of urea groups is 1. The second-order valence-corrected chi connectivity index (χ2v) is 5.81. The minimum atomic E-state index is -4.13. The molecule has 3 N–H and O–H groups in total. The van der Waals surface area contributed by atoms with Crippen LogP contribution in [-0.4, -0.2) is 61.0 Å². The normalized spacial score (nSPS) is 19.0. The number of piperidine rings is 1. The molecule has 0 aromatic rings. The molecule has 22 heavy (non-hydrogen) atoms. The zero-order valence-electron chi connectivity index (χ0n) is 13.0. The maximum Gasteiger partial charge on any atom is 0.401 e. The fourth-order valence-electron chi connectivity index (χ4n) is 2.59. The first-order valence-electron chi connectivity index (χ1n) is 7.78. The molecule has 0 aliphatic carbocycles. The summed E-state index contributed by atoms with van der Waals surface area (Å²) in [4.78, 5) is 13.0. The molecule has 2 amide bonds. The third-order valence-electron chi connectivity index (χ3n) is 4.00. The molecular weight excluding hydrogens is 299 g/mol. The lowest BCUT2D eigenvalue weighted by Gasteiger charge is -2.32. The molecule has 1 rings (SSSR count). The van der Waals surface area contributed by atoms with Crippen LogP contribution in [0.2, 0.25) is 0 Å². The van der Waals surface area contributed by atoms with Gasteiger partial charge in [0.15, 0.2) is 0 Å². The summed E-state index contributed by atoms with van der Waals surface area (Å²) in [5.74, 6) is 0.351. The number of likely N-dealkylation sites (tertiary alicyclic amines) is 1. The zero-order chi connectivity index (χ0) is 16.6. The molecule has 130 valence electrons. The van der Waals surface area contributed by atoms with E-state index in [0.717, 1.165) is 19.3 Å². The van der Waals surface area contributed by atoms with Crippen molar-refractivity contribution in [3.05, 3.63) is 0 Å². The molecule has 0 aromatic carbocycles. The van der Waals surface area contributed by atoms with Crippen molar-refractivity contribution < 1.29 is 23.1 Å². The van der Waals surface area contributed by atoms with Gasteiger partial charge in [-0.25, -0.2) is 4.79 Å². The van der Waals surface area contributed by atoms with Gasteiger partial charge >= 0.3 is 12.2 Å². The molecule has 1 aliphatic heterocycles. The van der Waals surface area contributed by atoms with Crippen molar-refractivity contribution in [1.29, 1.82) is 0 Å². The number of carbonyl (C=O) groups is 1. The molecule has 1 fully saturated rings. The topological polar surface area (TPSA) is 64.6 Å². The Labute approximate surface area is 129 Å². The molecule has 5 nitrogen and oxygen atoms in total. The van der Waals surface area contributed by atoms with Crippen LogP contribution in [0.5, 0.6) is 0 Å². The molecule has 1 atom stereocenters. The molecule has 1 saturated heterocycles. The third kappa shape index (κ3) is 7.84. The molecule has 0 aromatic heterocycles. The number of hydrogen-bond acceptors (Lipinski definition) is 3. The summed E-state index contributed by atoms with van der Waals surface area (Å²) in [6, 6.07) is -0.555. The van der Waals surface area contributed by atoms with Crippen molar-refractivity contribution >= 4 is 6.03 Å². The molecule has 1 aliphatic rings. The third-order valence-corrected chi connectivity index (χ3v) is 4.00. The average molecular weight is 325 g/mol. The Morgan fingerprint density at radius 3 is 2.50 bits per heavy atom. The van der Waals surface area contributed by atoms with Gasteiger partial charge in [0.2, 0.25) is 0 Å². The van der Waals surface area contributed by atoms with E-state index in [4.69, 9.17) is 5.11 Å². The molecule has 1 unspecified atom stereocenters. The Morgan fingerprint density at radius 2 is 2.00 bits per heavy atom. The summed E-state index contributed by atoms with van der Waals surface area (Å²) in [5.41, 5.74) is 0. The van der Waals surface area contributed by atoms with Gasteiger partial charge in [0.05, 0.1) is 19.2 Å². The predicted octanol–water partition coefficient (Wildman–Crippen LogP) is 1.72. The number of rotatable bonds is 7. The summed E-state index contributed by atoms with van der Waals surface area (Å²) in [6.07, 6.45) is -1.25. The number of aliphatic hydroxyl groups excluding tert-OH is 1. The standard InChI is InChI=1S/C14H26F3N3O2/c1-2-12(9-21)19-13(22)18-6-3-11-4-7-20(8-5-11)10-14(15,16)17/h11-12,21H,2-10H2,1H3,(H2,18,19,22). The average Bonchev–Trinajstić information content (AvgIpc) is 2.45. The van der Waals surface area contributed by atoms with Crippen LogP contribution in [0.4, 0.5) is 18.0 Å². The van der Waals surface area contributed by atoms with Gasteiger partial charge in [-0.05, 0) is 44.7 Å². The van der Waals surface area contributed by atoms with Gasteiger partial charge in [-0.3, -0.25) is 4.90 Å². The van der Waals surface area contributed by atoms with Gasteiger partial charge in [-0.1, -0.05) is 6.92 Å². The van der Waals surface area contributed by atoms with E-state index in [2.05, 4.69) is 10.6 Å². The molecule has 0 spiro atoms. The maximum atomic E-state index is 12.3. The minimum absolute atomic E-state index is 0.0956. The van der Waals surface area contributed by atoms with Crippen molar-refractivity contribution in [2.24, 2.45) is 5.92 Å². The highest BCUT2D eigenvalue weighted by atomic mass is 19.4. The van der Waals surface area contributed by atoms with E-state index in [-0.39, 0.29) is 18.7 Å². The highest BCUT2D eigenvalue weighted by Crippen LogP contribution is 2.23. The Bertz CT molecular complexity index is 328. The first-order valence-corrected chi connectivity index (χ1v) is 7.78. The minimum Gasteiger partial charge on any atom is -0.394 e. The van der Waals surface area contributed by atoms with Crippen LogP contribution in [0.3, 0.4) is 0 Å². The van der Waals surface area contributed by atoms with E-state index < -0.39 is 12.7 Å². The van der Waals surface area contributed by atoms with E-state index in [9.17, 15) is 18.0 Å². The quantitative estimate of drug-likeness (QED) is 0.668. The Kier molecular flexibility index (Phi) is 7.95. The number of alkyl halides is 3. The van der Waals surface area contributed by atoms with Crippen LogP contribution in [0.25, 0.3) is 0 Å². The van der Waals surface area contributed by atoms with Crippen molar-refractivity contribution in [2.75, 3.05) is 32.8 Å². The molecular formula is C14H26F3N3O2. The molecule has 0 saturated carbocycles. The number of aliphatic hydroxyl groups is 1. The van der Waals surface area contributed by atoms with Crippen LogP contribution >= 0.6 is 0 Å². The van der Waals surface area contributed by atoms with Gasteiger partial charge < -0.3 is 15.7 Å². The molecule has 1 heterocycles. The predicted molar refractivity (Wildman–Crippen MR) is 77.5 cm³/mol. The number of hydrogen-bond donors (Lipinski definition) is 3. The summed E-state index contributed by atoms with van der Waals surface area (Å²) in [5, 5.41) is 14.4. The number of carbonyl (C=O) groups excluding carboxylic acids is 1. The van der Waals surface area contributed by atoms with E-state index in [1.165, 1.54) is 4.90 Å². The lowest BCUT2D eigenvalue weighted by molar-refractivity contribution is -0.148. The SMILES string of the molecule is CCC(CO)NC(=O)NCCC1CCN(CC(F)(F)F)CC1. The number of nitrogens with zero attached hydrogens (tertiary/aromatic N) is 1.